The maximum Gasteiger partial charge on any atom is 0.0774 e. The molecular formula is C14H27NO2. The largest absolute Gasteiger partial charge is 0.389 e. The second-order valence-electron chi connectivity index (χ2n) is 6.64. The molecule has 0 spiro atoms. The fraction of sp³-hybridized carbons (Fsp3) is 1.00. The molecule has 0 aromatic heterocycles. The minimum absolute atomic E-state index is 0.0807. The van der Waals surface area contributed by atoms with Crippen LogP contribution in [0.2, 0.25) is 0 Å². The third-order valence-electron chi connectivity index (χ3n) is 3.94. The summed E-state index contributed by atoms with van der Waals surface area (Å²) in [7, 11) is 0. The zero-order valence-electron chi connectivity index (χ0n) is 11.5. The van der Waals surface area contributed by atoms with Crippen LogP contribution in [0.15, 0.2) is 0 Å². The van der Waals surface area contributed by atoms with Crippen LogP contribution in [0.5, 0.6) is 0 Å². The number of β-amino-alcohol motifs (C(OH)–C–C–N with tert-alkyl or cyclic N) is 1. The third-order valence-corrected chi connectivity index (χ3v) is 3.94. The minimum atomic E-state index is -0.439. The number of morpholine rings is 1. The molecular weight excluding hydrogens is 214 g/mol. The van der Waals surface area contributed by atoms with Gasteiger partial charge in [-0.2, -0.15) is 0 Å². The van der Waals surface area contributed by atoms with Crippen molar-refractivity contribution in [2.75, 3.05) is 19.6 Å². The number of hydrogen-bond acceptors (Lipinski definition) is 3. The molecule has 0 aromatic carbocycles. The zero-order valence-corrected chi connectivity index (χ0v) is 11.5. The molecule has 100 valence electrons. The van der Waals surface area contributed by atoms with Crippen molar-refractivity contribution in [3.05, 3.63) is 0 Å². The number of aliphatic hydroxyl groups is 1. The highest BCUT2D eigenvalue weighted by atomic mass is 16.5. The summed E-state index contributed by atoms with van der Waals surface area (Å²) in [6.45, 7) is 9.11. The van der Waals surface area contributed by atoms with Gasteiger partial charge in [0.2, 0.25) is 0 Å². The maximum absolute atomic E-state index is 10.6. The van der Waals surface area contributed by atoms with Crippen LogP contribution in [0.4, 0.5) is 0 Å². The molecule has 1 N–H and O–H groups in total. The fourth-order valence-corrected chi connectivity index (χ4v) is 3.49. The van der Waals surface area contributed by atoms with Gasteiger partial charge in [-0.3, -0.25) is 4.90 Å². The van der Waals surface area contributed by atoms with E-state index in [1.165, 1.54) is 19.3 Å². The van der Waals surface area contributed by atoms with Gasteiger partial charge in [0.05, 0.1) is 17.3 Å². The first-order chi connectivity index (χ1) is 7.89. The molecule has 1 saturated carbocycles. The molecule has 1 unspecified atom stereocenters. The molecule has 2 fully saturated rings. The minimum Gasteiger partial charge on any atom is -0.389 e. The Balaban J connectivity index is 1.93. The summed E-state index contributed by atoms with van der Waals surface area (Å²) >= 11 is 0. The van der Waals surface area contributed by atoms with Crippen LogP contribution in [-0.2, 0) is 4.74 Å². The van der Waals surface area contributed by atoms with E-state index in [9.17, 15) is 5.11 Å². The molecule has 1 saturated heterocycles. The lowest BCUT2D eigenvalue weighted by Crippen LogP contribution is -2.56. The third kappa shape index (κ3) is 3.67. The molecule has 3 heteroatoms. The molecule has 0 bridgehead atoms. The molecule has 0 amide bonds. The number of nitrogens with zero attached hydrogens (tertiary/aromatic N) is 1. The van der Waals surface area contributed by atoms with Gasteiger partial charge < -0.3 is 9.84 Å². The molecule has 2 rings (SSSR count). The monoisotopic (exact) mass is 241 g/mol. The van der Waals surface area contributed by atoms with Crippen LogP contribution in [-0.4, -0.2) is 46.9 Å². The zero-order chi connectivity index (χ0) is 12.5. The van der Waals surface area contributed by atoms with Crippen LogP contribution in [0, 0.1) is 0 Å². The molecule has 1 aliphatic carbocycles. The van der Waals surface area contributed by atoms with Gasteiger partial charge >= 0.3 is 0 Å². The maximum atomic E-state index is 10.6. The van der Waals surface area contributed by atoms with Gasteiger partial charge in [-0.1, -0.05) is 19.3 Å². The number of ether oxygens (including phenoxy) is 1. The SMILES string of the molecule is CC1CN(CC2(O)CCCCC2)CC(C)(C)O1. The average molecular weight is 241 g/mol. The smallest absolute Gasteiger partial charge is 0.0774 e. The summed E-state index contributed by atoms with van der Waals surface area (Å²) in [5, 5.41) is 10.6. The summed E-state index contributed by atoms with van der Waals surface area (Å²) in [4.78, 5) is 2.39. The highest BCUT2D eigenvalue weighted by Gasteiger charge is 2.37. The lowest BCUT2D eigenvalue weighted by Gasteiger charge is -2.45. The van der Waals surface area contributed by atoms with Crippen molar-refractivity contribution in [2.24, 2.45) is 0 Å². The molecule has 0 radical (unpaired) electrons. The first kappa shape index (κ1) is 13.3. The molecule has 3 nitrogen and oxygen atoms in total. The van der Waals surface area contributed by atoms with Gasteiger partial charge in [-0.15, -0.1) is 0 Å². The van der Waals surface area contributed by atoms with E-state index in [4.69, 9.17) is 4.74 Å². The van der Waals surface area contributed by atoms with Crippen molar-refractivity contribution in [1.29, 1.82) is 0 Å². The van der Waals surface area contributed by atoms with E-state index in [0.717, 1.165) is 32.5 Å². The normalized spacial score (nSPS) is 33.5. The Bertz CT molecular complexity index is 259. The second-order valence-corrected chi connectivity index (χ2v) is 6.64. The standard InChI is InChI=1S/C14H27NO2/c1-12-9-15(10-13(2,3)17-12)11-14(16)7-5-4-6-8-14/h12,16H,4-11H2,1-3H3. The Hall–Kier alpha value is -0.120. The fourth-order valence-electron chi connectivity index (χ4n) is 3.49. The Labute approximate surface area is 105 Å². The molecule has 17 heavy (non-hydrogen) atoms. The van der Waals surface area contributed by atoms with Crippen molar-refractivity contribution in [3.63, 3.8) is 0 Å². The van der Waals surface area contributed by atoms with Gasteiger partial charge in [0.15, 0.2) is 0 Å². The topological polar surface area (TPSA) is 32.7 Å². The summed E-state index contributed by atoms with van der Waals surface area (Å²) in [5.74, 6) is 0. The molecule has 1 aliphatic heterocycles. The summed E-state index contributed by atoms with van der Waals surface area (Å²) in [5.41, 5.74) is -0.520. The Morgan fingerprint density at radius 3 is 2.47 bits per heavy atom. The van der Waals surface area contributed by atoms with E-state index in [1.54, 1.807) is 0 Å². The number of rotatable bonds is 2. The molecule has 1 heterocycles. The van der Waals surface area contributed by atoms with Gasteiger partial charge in [0.1, 0.15) is 0 Å². The molecule has 0 aromatic rings. The Morgan fingerprint density at radius 1 is 1.24 bits per heavy atom. The van der Waals surface area contributed by atoms with Crippen LogP contribution in [0.3, 0.4) is 0 Å². The van der Waals surface area contributed by atoms with Gasteiger partial charge in [-0.05, 0) is 33.6 Å². The lowest BCUT2D eigenvalue weighted by molar-refractivity contribution is -0.144. The average Bonchev–Trinajstić information content (AvgIpc) is 2.13. The van der Waals surface area contributed by atoms with Crippen molar-refractivity contribution in [3.8, 4) is 0 Å². The van der Waals surface area contributed by atoms with Gasteiger partial charge in [0.25, 0.3) is 0 Å². The van der Waals surface area contributed by atoms with Crippen molar-refractivity contribution < 1.29 is 9.84 Å². The van der Waals surface area contributed by atoms with Gasteiger partial charge in [0, 0.05) is 19.6 Å². The van der Waals surface area contributed by atoms with Crippen LogP contribution < -0.4 is 0 Å². The highest BCUT2D eigenvalue weighted by molar-refractivity contribution is 4.90. The summed E-state index contributed by atoms with van der Waals surface area (Å²) in [6, 6.07) is 0. The van der Waals surface area contributed by atoms with Gasteiger partial charge in [-0.25, -0.2) is 0 Å². The predicted octanol–water partition coefficient (Wildman–Crippen LogP) is 2.18. The van der Waals surface area contributed by atoms with Crippen molar-refractivity contribution in [1.82, 2.24) is 4.90 Å². The number of hydrogen-bond donors (Lipinski definition) is 1. The van der Waals surface area contributed by atoms with Crippen LogP contribution >= 0.6 is 0 Å². The molecule has 2 aliphatic rings. The highest BCUT2D eigenvalue weighted by Crippen LogP contribution is 2.30. The van der Waals surface area contributed by atoms with Crippen LogP contribution in [0.25, 0.3) is 0 Å². The summed E-state index contributed by atoms with van der Waals surface area (Å²) < 4.78 is 5.90. The van der Waals surface area contributed by atoms with E-state index in [0.29, 0.717) is 0 Å². The van der Waals surface area contributed by atoms with Crippen LogP contribution in [0.1, 0.15) is 52.9 Å². The van der Waals surface area contributed by atoms with E-state index >= 15 is 0 Å². The first-order valence-corrected chi connectivity index (χ1v) is 7.01. The summed E-state index contributed by atoms with van der Waals surface area (Å²) in [6.07, 6.45) is 5.86. The molecule has 1 atom stereocenters. The van der Waals surface area contributed by atoms with E-state index < -0.39 is 5.60 Å². The quantitative estimate of drug-likeness (QED) is 0.804. The predicted molar refractivity (Wildman–Crippen MR) is 69.1 cm³/mol. The van der Waals surface area contributed by atoms with Crippen molar-refractivity contribution in [2.45, 2.75) is 70.2 Å². The second kappa shape index (κ2) is 4.87. The lowest BCUT2D eigenvalue weighted by atomic mass is 9.84. The first-order valence-electron chi connectivity index (χ1n) is 7.01. The Kier molecular flexibility index (Phi) is 3.81. The van der Waals surface area contributed by atoms with Crippen molar-refractivity contribution >= 4 is 0 Å². The van der Waals surface area contributed by atoms with E-state index in [1.807, 2.05) is 0 Å². The Morgan fingerprint density at radius 2 is 1.88 bits per heavy atom. The van der Waals surface area contributed by atoms with E-state index in [-0.39, 0.29) is 11.7 Å². The van der Waals surface area contributed by atoms with E-state index in [2.05, 4.69) is 25.7 Å².